The van der Waals surface area contributed by atoms with Crippen molar-refractivity contribution in [3.05, 3.63) is 208 Å². The van der Waals surface area contributed by atoms with Crippen LogP contribution in [0.3, 0.4) is 0 Å². The zero-order chi connectivity index (χ0) is 36.6. The maximum absolute atomic E-state index is 6.57. The number of fused-ring (bicyclic) bond motifs is 16. The van der Waals surface area contributed by atoms with Gasteiger partial charge in [-0.05, 0) is 121 Å². The smallest absolute Gasteiger partial charge is 0.135 e. The molecule has 9 aromatic rings. The quantitative estimate of drug-likeness (QED) is 0.180. The van der Waals surface area contributed by atoms with Gasteiger partial charge in [0.15, 0.2) is 0 Å². The molecule has 12 rings (SSSR count). The average molecular weight is 724 g/mol. The van der Waals surface area contributed by atoms with Crippen molar-refractivity contribution in [2.45, 2.75) is 24.7 Å². The van der Waals surface area contributed by atoms with E-state index in [4.69, 9.17) is 16.0 Å². The van der Waals surface area contributed by atoms with E-state index in [1.165, 1.54) is 72.4 Å². The molecule has 0 saturated carbocycles. The van der Waals surface area contributed by atoms with Crippen molar-refractivity contribution >= 4 is 50.6 Å². The normalized spacial score (nSPS) is 14.7. The van der Waals surface area contributed by atoms with Gasteiger partial charge in [0.25, 0.3) is 0 Å². The van der Waals surface area contributed by atoms with E-state index in [-0.39, 0.29) is 5.41 Å². The van der Waals surface area contributed by atoms with Crippen molar-refractivity contribution in [3.8, 4) is 33.4 Å². The fraction of sp³-hybridized carbons (Fsp3) is 0.0769. The molecular weight excluding hydrogens is 690 g/mol. The molecule has 3 aliphatic carbocycles. The van der Waals surface area contributed by atoms with Crippen LogP contribution in [-0.2, 0) is 10.8 Å². The van der Waals surface area contributed by atoms with Gasteiger partial charge < -0.3 is 9.32 Å². The van der Waals surface area contributed by atoms with E-state index in [0.29, 0.717) is 5.02 Å². The van der Waals surface area contributed by atoms with E-state index in [2.05, 4.69) is 170 Å². The second-order valence-electron chi connectivity index (χ2n) is 15.7. The molecule has 2 nitrogen and oxygen atoms in total. The SMILES string of the molecule is CC1(C)c2ccccc2-c2cccc(N(c3ccc4c(c3)-c3ccccc3C43c4ccccc4-c4ccccc43)c3ccc4oc5ccc(Cl)cc5c4c3)c21. The van der Waals surface area contributed by atoms with Gasteiger partial charge in [-0.2, -0.15) is 0 Å². The van der Waals surface area contributed by atoms with Crippen molar-refractivity contribution in [1.29, 1.82) is 0 Å². The minimum absolute atomic E-state index is 0.217. The Morgan fingerprint density at radius 3 is 1.60 bits per heavy atom. The third kappa shape index (κ3) is 3.95. The summed E-state index contributed by atoms with van der Waals surface area (Å²) in [5.41, 5.74) is 20.2. The highest BCUT2D eigenvalue weighted by Gasteiger charge is 2.51. The van der Waals surface area contributed by atoms with Gasteiger partial charge in [-0.25, -0.2) is 0 Å². The first-order chi connectivity index (χ1) is 26.9. The van der Waals surface area contributed by atoms with Gasteiger partial charge in [0.2, 0.25) is 0 Å². The summed E-state index contributed by atoms with van der Waals surface area (Å²) < 4.78 is 6.34. The van der Waals surface area contributed by atoms with E-state index in [1.54, 1.807) is 0 Å². The van der Waals surface area contributed by atoms with Gasteiger partial charge >= 0.3 is 0 Å². The number of anilines is 3. The summed E-state index contributed by atoms with van der Waals surface area (Å²) in [6.45, 7) is 4.73. The first kappa shape index (κ1) is 31.0. The number of halogens is 1. The van der Waals surface area contributed by atoms with Crippen LogP contribution in [0.4, 0.5) is 17.1 Å². The van der Waals surface area contributed by atoms with Crippen molar-refractivity contribution < 1.29 is 4.42 Å². The van der Waals surface area contributed by atoms with E-state index < -0.39 is 5.41 Å². The Hall–Kier alpha value is -6.35. The lowest BCUT2D eigenvalue weighted by Crippen LogP contribution is -2.26. The highest BCUT2D eigenvalue weighted by atomic mass is 35.5. The van der Waals surface area contributed by atoms with E-state index in [0.717, 1.165) is 33.3 Å². The predicted octanol–water partition coefficient (Wildman–Crippen LogP) is 14.4. The van der Waals surface area contributed by atoms with Gasteiger partial charge in [0, 0.05) is 32.6 Å². The molecule has 1 spiro atoms. The molecule has 3 heteroatoms. The lowest BCUT2D eigenvalue weighted by Gasteiger charge is -2.33. The molecule has 260 valence electrons. The summed E-state index contributed by atoms with van der Waals surface area (Å²) in [7, 11) is 0. The first-order valence-electron chi connectivity index (χ1n) is 19.0. The Morgan fingerprint density at radius 1 is 0.436 bits per heavy atom. The number of hydrogen-bond acceptors (Lipinski definition) is 2. The van der Waals surface area contributed by atoms with Crippen LogP contribution in [0.1, 0.15) is 47.2 Å². The standard InChI is InChI=1S/C52H34ClNO/c1-51(2)42-17-7-3-14-36(42)38-16-11-21-47(50(38)51)54(33-24-27-49-41(30-33)40-28-31(53)22-26-48(40)55-49)32-23-25-46-39(29-32)37-15-6-10-20-45(37)52(46)43-18-8-4-12-34(43)35-13-5-9-19-44(35)52/h3-30H,1-2H3. The Labute approximate surface area is 324 Å². The molecule has 0 N–H and O–H groups in total. The minimum Gasteiger partial charge on any atom is -0.456 e. The summed E-state index contributed by atoms with van der Waals surface area (Å²) in [6, 6.07) is 62.4. The second kappa shape index (κ2) is 10.9. The van der Waals surface area contributed by atoms with Gasteiger partial charge in [-0.15, -0.1) is 0 Å². The number of benzene rings is 8. The molecule has 0 saturated heterocycles. The summed E-state index contributed by atoms with van der Waals surface area (Å²) in [5.74, 6) is 0. The maximum atomic E-state index is 6.57. The zero-order valence-corrected chi connectivity index (χ0v) is 31.2. The first-order valence-corrected chi connectivity index (χ1v) is 19.4. The molecular formula is C52H34ClNO. The Bertz CT molecular complexity index is 3070. The molecule has 0 bridgehead atoms. The highest BCUT2D eigenvalue weighted by molar-refractivity contribution is 6.31. The Kier molecular flexibility index (Phi) is 6.14. The van der Waals surface area contributed by atoms with Crippen LogP contribution < -0.4 is 4.90 Å². The van der Waals surface area contributed by atoms with Crippen LogP contribution >= 0.6 is 11.6 Å². The van der Waals surface area contributed by atoms with Crippen molar-refractivity contribution in [2.75, 3.05) is 4.90 Å². The van der Waals surface area contributed by atoms with Gasteiger partial charge in [0.1, 0.15) is 11.2 Å². The predicted molar refractivity (Wildman–Crippen MR) is 227 cm³/mol. The van der Waals surface area contributed by atoms with Crippen LogP contribution in [0.25, 0.3) is 55.3 Å². The number of hydrogen-bond donors (Lipinski definition) is 0. The number of furan rings is 1. The van der Waals surface area contributed by atoms with Crippen molar-refractivity contribution in [3.63, 3.8) is 0 Å². The molecule has 1 aromatic heterocycles. The number of nitrogens with zero attached hydrogens (tertiary/aromatic N) is 1. The second-order valence-corrected chi connectivity index (χ2v) is 16.2. The summed E-state index contributed by atoms with van der Waals surface area (Å²) in [6.07, 6.45) is 0. The molecule has 0 radical (unpaired) electrons. The van der Waals surface area contributed by atoms with E-state index in [1.807, 2.05) is 18.2 Å². The Balaban J connectivity index is 1.15. The Morgan fingerprint density at radius 2 is 0.927 bits per heavy atom. The molecule has 3 aliphatic rings. The van der Waals surface area contributed by atoms with Gasteiger partial charge in [-0.1, -0.05) is 141 Å². The van der Waals surface area contributed by atoms with Crippen LogP contribution in [0, 0.1) is 0 Å². The lowest BCUT2D eigenvalue weighted by atomic mass is 9.70. The zero-order valence-electron chi connectivity index (χ0n) is 30.4. The molecule has 8 aromatic carbocycles. The maximum Gasteiger partial charge on any atom is 0.135 e. The van der Waals surface area contributed by atoms with Gasteiger partial charge in [-0.3, -0.25) is 0 Å². The molecule has 0 unspecified atom stereocenters. The largest absolute Gasteiger partial charge is 0.456 e. The van der Waals surface area contributed by atoms with Crippen LogP contribution in [0.5, 0.6) is 0 Å². The van der Waals surface area contributed by atoms with Crippen molar-refractivity contribution in [1.82, 2.24) is 0 Å². The molecule has 0 fully saturated rings. The average Bonchev–Trinajstić information content (AvgIpc) is 3.90. The lowest BCUT2D eigenvalue weighted by molar-refractivity contribution is 0.660. The topological polar surface area (TPSA) is 16.4 Å². The fourth-order valence-electron chi connectivity index (χ4n) is 10.5. The van der Waals surface area contributed by atoms with Crippen LogP contribution in [-0.4, -0.2) is 0 Å². The minimum atomic E-state index is -0.395. The molecule has 0 amide bonds. The third-order valence-electron chi connectivity index (χ3n) is 12.7. The fourth-order valence-corrected chi connectivity index (χ4v) is 10.7. The molecule has 0 atom stereocenters. The van der Waals surface area contributed by atoms with Crippen LogP contribution in [0.15, 0.2) is 174 Å². The molecule has 55 heavy (non-hydrogen) atoms. The summed E-state index contributed by atoms with van der Waals surface area (Å²) in [4.78, 5) is 2.47. The molecule has 1 heterocycles. The van der Waals surface area contributed by atoms with E-state index >= 15 is 0 Å². The monoisotopic (exact) mass is 723 g/mol. The van der Waals surface area contributed by atoms with E-state index in [9.17, 15) is 0 Å². The highest BCUT2D eigenvalue weighted by Crippen LogP contribution is 2.63. The van der Waals surface area contributed by atoms with Crippen LogP contribution in [0.2, 0.25) is 5.02 Å². The summed E-state index contributed by atoms with van der Waals surface area (Å²) in [5, 5.41) is 2.75. The van der Waals surface area contributed by atoms with Crippen molar-refractivity contribution in [2.24, 2.45) is 0 Å². The molecule has 0 aliphatic heterocycles. The number of rotatable bonds is 3. The third-order valence-corrected chi connectivity index (χ3v) is 12.9. The van der Waals surface area contributed by atoms with Gasteiger partial charge in [0.05, 0.1) is 11.1 Å². The summed E-state index contributed by atoms with van der Waals surface area (Å²) >= 11 is 6.57.